The molecule has 0 aromatic heterocycles. The van der Waals surface area contributed by atoms with E-state index in [0.29, 0.717) is 0 Å². The minimum atomic E-state index is -5.14. The Morgan fingerprint density at radius 2 is 1.25 bits per heavy atom. The largest absolute Gasteiger partial charge is 1.00 e. The zero-order chi connectivity index (χ0) is 4.50. The van der Waals surface area contributed by atoms with Crippen LogP contribution in [-0.4, -0.2) is 10.4 Å². The van der Waals surface area contributed by atoms with Crippen LogP contribution in [0, 0.1) is 0 Å². The van der Waals surface area contributed by atoms with Crippen LogP contribution in [0.4, 0.5) is 0 Å². The average Bonchev–Trinajstić information content (AvgIpc) is 0.722. The summed E-state index contributed by atoms with van der Waals surface area (Å²) in [5.41, 5.74) is 0. The van der Waals surface area contributed by atoms with E-state index in [1.807, 2.05) is 0 Å². The Bertz CT molecular complexity index is 56.6. The van der Waals surface area contributed by atoms with Crippen LogP contribution >= 0.6 is 7.82 Å². The Balaban J connectivity index is -0.0000000267. The maximum absolute atomic E-state index is 8.66. The predicted molar refractivity (Wildman–Crippen MR) is 13.4 cm³/mol. The molecule has 0 bridgehead atoms. The van der Waals surface area contributed by atoms with Gasteiger partial charge in [0, 0.05) is 0 Å². The Kier molecular flexibility index (Phi) is 23.6. The van der Waals surface area contributed by atoms with Crippen LogP contribution in [0.1, 0.15) is 0 Å². The molecule has 8 heavy (non-hydrogen) atoms. The summed E-state index contributed by atoms with van der Waals surface area (Å²) in [5.74, 6) is 0. The molecule has 0 aliphatic heterocycles. The monoisotopic (exact) mass is 128 g/mol. The van der Waals surface area contributed by atoms with Crippen molar-refractivity contribution in [2.45, 2.75) is 0 Å². The topological polar surface area (TPSA) is 115 Å². The Labute approximate surface area is 70.4 Å². The summed E-state index contributed by atoms with van der Waals surface area (Å²) in [6.45, 7) is 0. The van der Waals surface area contributed by atoms with Gasteiger partial charge in [-0.2, -0.15) is 0 Å². The van der Waals surface area contributed by atoms with Crippen molar-refractivity contribution in [3.8, 4) is 0 Å². The SMILES string of the molecule is O.O=P([O-])([O-])O.[Li+].[Li+]. The molecule has 0 saturated heterocycles. The van der Waals surface area contributed by atoms with Crippen molar-refractivity contribution in [1.29, 1.82) is 0 Å². The van der Waals surface area contributed by atoms with E-state index < -0.39 is 7.82 Å². The van der Waals surface area contributed by atoms with Crippen LogP contribution in [0.25, 0.3) is 0 Å². The first kappa shape index (κ1) is 22.8. The van der Waals surface area contributed by atoms with Crippen molar-refractivity contribution >= 4 is 7.82 Å². The van der Waals surface area contributed by atoms with E-state index in [1.165, 1.54) is 0 Å². The molecule has 0 fully saturated rings. The van der Waals surface area contributed by atoms with E-state index in [9.17, 15) is 0 Å². The third-order valence-electron chi connectivity index (χ3n) is 0. The summed E-state index contributed by atoms with van der Waals surface area (Å²) in [6.07, 6.45) is 0. The van der Waals surface area contributed by atoms with Crippen LogP contribution in [0.5, 0.6) is 0 Å². The second-order valence-corrected chi connectivity index (χ2v) is 1.41. The standard InChI is InChI=1S/2Li.H3O4P.H2O/c;;1-5(2,3)4;/h;;(H3,1,2,3,4);1H2/q2*+1;;/p-2. The van der Waals surface area contributed by atoms with Gasteiger partial charge in [0.2, 0.25) is 0 Å². The van der Waals surface area contributed by atoms with Crippen molar-refractivity contribution in [2.24, 2.45) is 0 Å². The maximum atomic E-state index is 8.66. The van der Waals surface area contributed by atoms with E-state index in [2.05, 4.69) is 0 Å². The van der Waals surface area contributed by atoms with E-state index in [-0.39, 0.29) is 43.2 Å². The zero-order valence-corrected chi connectivity index (χ0v) is 5.51. The first-order valence-corrected chi connectivity index (χ1v) is 2.24. The fourth-order valence-electron chi connectivity index (χ4n) is 0. The molecular weight excluding hydrogens is 125 g/mol. The molecule has 0 unspecified atom stereocenters. The molecule has 0 aliphatic carbocycles. The molecular formula is H3Li2O5P. The minimum Gasteiger partial charge on any atom is -0.790 e. The molecule has 0 heterocycles. The summed E-state index contributed by atoms with van der Waals surface area (Å²) >= 11 is 0. The molecule has 0 atom stereocenters. The molecule has 8 heteroatoms. The van der Waals surface area contributed by atoms with Gasteiger partial charge >= 0.3 is 37.7 Å². The molecule has 3 N–H and O–H groups in total. The van der Waals surface area contributed by atoms with Crippen LogP contribution in [0.2, 0.25) is 0 Å². The summed E-state index contributed by atoms with van der Waals surface area (Å²) in [6, 6.07) is 0. The Morgan fingerprint density at radius 1 is 1.25 bits per heavy atom. The average molecular weight is 128 g/mol. The van der Waals surface area contributed by atoms with Gasteiger partial charge < -0.3 is 24.7 Å². The van der Waals surface area contributed by atoms with Gasteiger partial charge in [-0.1, -0.05) is 0 Å². The molecule has 0 aromatic carbocycles. The minimum absolute atomic E-state index is 0. The summed E-state index contributed by atoms with van der Waals surface area (Å²) in [5, 5.41) is 0. The summed E-state index contributed by atoms with van der Waals surface area (Å²) < 4.78 is 8.66. The van der Waals surface area contributed by atoms with Crippen LogP contribution < -0.4 is 47.5 Å². The molecule has 40 valence electrons. The Hall–Kier alpha value is 1.26. The van der Waals surface area contributed by atoms with Crippen molar-refractivity contribution in [3.63, 3.8) is 0 Å². The number of hydrogen-bond donors (Lipinski definition) is 1. The van der Waals surface area contributed by atoms with Crippen molar-refractivity contribution in [1.82, 2.24) is 0 Å². The van der Waals surface area contributed by atoms with Gasteiger partial charge in [0.15, 0.2) is 0 Å². The van der Waals surface area contributed by atoms with Crippen molar-refractivity contribution < 1.29 is 62.4 Å². The third kappa shape index (κ3) is 178. The zero-order valence-electron chi connectivity index (χ0n) is 4.62. The molecule has 0 saturated carbocycles. The van der Waals surface area contributed by atoms with Gasteiger partial charge in [-0.25, -0.2) is 0 Å². The molecule has 0 rings (SSSR count). The van der Waals surface area contributed by atoms with Gasteiger partial charge in [0.25, 0.3) is 0 Å². The fraction of sp³-hybridized carbons (Fsp3) is 0. The molecule has 0 amide bonds. The first-order valence-electron chi connectivity index (χ1n) is 0.748. The van der Waals surface area contributed by atoms with E-state index in [0.717, 1.165) is 0 Å². The second-order valence-electron chi connectivity index (χ2n) is 0.469. The van der Waals surface area contributed by atoms with Gasteiger partial charge in [0.05, 0.1) is 7.82 Å². The van der Waals surface area contributed by atoms with Gasteiger partial charge in [-0.3, -0.25) is 0 Å². The molecule has 0 aliphatic rings. The number of rotatable bonds is 0. The quantitative estimate of drug-likeness (QED) is 0.257. The third-order valence-corrected chi connectivity index (χ3v) is 0. The maximum Gasteiger partial charge on any atom is 1.00 e. The van der Waals surface area contributed by atoms with Crippen LogP contribution in [0.15, 0.2) is 0 Å². The van der Waals surface area contributed by atoms with Gasteiger partial charge in [-0.15, -0.1) is 0 Å². The molecule has 0 aromatic rings. The van der Waals surface area contributed by atoms with E-state index in [1.54, 1.807) is 0 Å². The van der Waals surface area contributed by atoms with Crippen molar-refractivity contribution in [3.05, 3.63) is 0 Å². The Morgan fingerprint density at radius 3 is 1.25 bits per heavy atom. The molecule has 0 spiro atoms. The van der Waals surface area contributed by atoms with E-state index in [4.69, 9.17) is 19.2 Å². The van der Waals surface area contributed by atoms with Crippen molar-refractivity contribution in [2.75, 3.05) is 0 Å². The fourth-order valence-corrected chi connectivity index (χ4v) is 0. The first-order chi connectivity index (χ1) is 2.00. The normalized spacial score (nSPS) is 7.38. The second kappa shape index (κ2) is 8.26. The summed E-state index contributed by atoms with van der Waals surface area (Å²) in [7, 11) is -5.14. The predicted octanol–water partition coefficient (Wildman–Crippen LogP) is -9.01. The molecule has 5 nitrogen and oxygen atoms in total. The smallest absolute Gasteiger partial charge is 0.790 e. The van der Waals surface area contributed by atoms with Gasteiger partial charge in [-0.05, 0) is 0 Å². The van der Waals surface area contributed by atoms with Crippen LogP contribution in [-0.2, 0) is 4.57 Å². The van der Waals surface area contributed by atoms with Gasteiger partial charge in [0.1, 0.15) is 0 Å². The summed E-state index contributed by atoms with van der Waals surface area (Å²) in [4.78, 5) is 24.3. The number of hydrogen-bond acceptors (Lipinski definition) is 3. The number of phosphoric acid groups is 1. The molecule has 0 radical (unpaired) electrons. The van der Waals surface area contributed by atoms with Crippen LogP contribution in [0.3, 0.4) is 0 Å². The van der Waals surface area contributed by atoms with E-state index >= 15 is 0 Å².